The zero-order valence-corrected chi connectivity index (χ0v) is 33.4. The first-order chi connectivity index (χ1) is 27.2. The Hall–Kier alpha value is -5.88. The van der Waals surface area contributed by atoms with Crippen molar-refractivity contribution in [2.75, 3.05) is 13.2 Å². The second-order valence-corrected chi connectivity index (χ2v) is 15.9. The molecule has 296 valence electrons. The van der Waals surface area contributed by atoms with Crippen LogP contribution in [-0.2, 0) is 47.3 Å². The third kappa shape index (κ3) is 7.41. The fourth-order valence-electron chi connectivity index (χ4n) is 7.84. The minimum absolute atomic E-state index is 0.113. The third-order valence-electron chi connectivity index (χ3n) is 10.7. The summed E-state index contributed by atoms with van der Waals surface area (Å²) in [5.41, 5.74) is 5.14. The summed E-state index contributed by atoms with van der Waals surface area (Å²) in [6, 6.07) is 16.8. The number of aliphatic hydroxyl groups is 1. The van der Waals surface area contributed by atoms with E-state index in [1.165, 1.54) is 0 Å². The van der Waals surface area contributed by atoms with Gasteiger partial charge in [0.25, 0.3) is 5.56 Å². The lowest BCUT2D eigenvalue weighted by Crippen LogP contribution is -2.33. The lowest BCUT2D eigenvalue weighted by molar-refractivity contribution is -0.149. The molecule has 0 radical (unpaired) electrons. The standard InChI is InChI=1S/C45H48N4O8/c1-8-45(54)18-37(50)55-23-33-34(45)17-36-41-32(20-49(36)42(33)51)31(30-14-9-10-15-35(30)48-41)19-46-29-13-11-12-28(16-29)40-38(43(52)56-21-24(2)3)26(6)47-27(7)39(40)44(53)57-22-25(4)5/h9-17,19,24-25,40,47,54H,8,18,20-23H2,1-7H3. The number of cyclic esters (lactones) is 1. The minimum Gasteiger partial charge on any atom is -0.462 e. The maximum Gasteiger partial charge on any atom is 0.336 e. The van der Waals surface area contributed by atoms with E-state index >= 15 is 0 Å². The van der Waals surface area contributed by atoms with Crippen molar-refractivity contribution in [1.29, 1.82) is 0 Å². The van der Waals surface area contributed by atoms with Crippen LogP contribution in [-0.4, -0.2) is 52.0 Å². The van der Waals surface area contributed by atoms with Crippen LogP contribution in [0, 0.1) is 11.8 Å². The number of fused-ring (bicyclic) bond motifs is 5. The third-order valence-corrected chi connectivity index (χ3v) is 10.7. The molecule has 0 fully saturated rings. The molecule has 0 bridgehead atoms. The monoisotopic (exact) mass is 772 g/mol. The molecule has 1 atom stereocenters. The predicted molar refractivity (Wildman–Crippen MR) is 216 cm³/mol. The van der Waals surface area contributed by atoms with Crippen molar-refractivity contribution in [3.8, 4) is 11.4 Å². The summed E-state index contributed by atoms with van der Waals surface area (Å²) in [4.78, 5) is 64.0. The number of hydrogen-bond acceptors (Lipinski definition) is 11. The zero-order valence-electron chi connectivity index (χ0n) is 33.4. The molecule has 12 nitrogen and oxygen atoms in total. The highest BCUT2D eigenvalue weighted by Gasteiger charge is 2.41. The fourth-order valence-corrected chi connectivity index (χ4v) is 7.84. The zero-order chi connectivity index (χ0) is 40.8. The molecular formula is C45H48N4O8. The van der Waals surface area contributed by atoms with Crippen molar-refractivity contribution in [1.82, 2.24) is 14.9 Å². The van der Waals surface area contributed by atoms with Crippen LogP contribution in [0.5, 0.6) is 0 Å². The summed E-state index contributed by atoms with van der Waals surface area (Å²) in [5.74, 6) is -2.16. The summed E-state index contributed by atoms with van der Waals surface area (Å²) in [6.07, 6.45) is 1.72. The van der Waals surface area contributed by atoms with Gasteiger partial charge in [-0.05, 0) is 67.5 Å². The quantitative estimate of drug-likeness (QED) is 0.0874. The number of aromatic nitrogens is 2. The number of hydrogen-bond donors (Lipinski definition) is 2. The fraction of sp³-hybridized carbons (Fsp3) is 0.378. The molecule has 4 aromatic rings. The van der Waals surface area contributed by atoms with Crippen LogP contribution in [0.25, 0.3) is 22.3 Å². The highest BCUT2D eigenvalue weighted by molar-refractivity contribution is 6.03. The molecule has 3 aliphatic heterocycles. The molecule has 1 unspecified atom stereocenters. The summed E-state index contributed by atoms with van der Waals surface area (Å²) in [5, 5.41) is 15.7. The molecule has 2 aromatic carbocycles. The summed E-state index contributed by atoms with van der Waals surface area (Å²) in [7, 11) is 0. The first-order valence-electron chi connectivity index (χ1n) is 19.4. The molecule has 0 spiro atoms. The number of ether oxygens (including phenoxy) is 3. The van der Waals surface area contributed by atoms with Gasteiger partial charge < -0.3 is 29.2 Å². The number of nitrogens with zero attached hydrogens (tertiary/aromatic N) is 3. The maximum atomic E-state index is 14.1. The topological polar surface area (TPSA) is 158 Å². The van der Waals surface area contributed by atoms with Gasteiger partial charge in [0.1, 0.15) is 12.2 Å². The number of aliphatic imine (C=N–C) groups is 1. The highest BCUT2D eigenvalue weighted by Crippen LogP contribution is 2.42. The van der Waals surface area contributed by atoms with Gasteiger partial charge in [-0.2, -0.15) is 0 Å². The van der Waals surface area contributed by atoms with Crippen molar-refractivity contribution in [3.05, 3.63) is 115 Å². The predicted octanol–water partition coefficient (Wildman–Crippen LogP) is 6.85. The van der Waals surface area contributed by atoms with Gasteiger partial charge in [0.15, 0.2) is 0 Å². The van der Waals surface area contributed by atoms with E-state index < -0.39 is 29.4 Å². The van der Waals surface area contributed by atoms with Crippen molar-refractivity contribution in [3.63, 3.8) is 0 Å². The van der Waals surface area contributed by atoms with E-state index in [0.717, 1.165) is 16.5 Å². The molecule has 12 heteroatoms. The van der Waals surface area contributed by atoms with Crippen molar-refractivity contribution >= 4 is 40.7 Å². The van der Waals surface area contributed by atoms with Gasteiger partial charge in [0.2, 0.25) is 0 Å². The number of esters is 3. The number of benzene rings is 2. The number of dihydropyridines is 1. The number of carbonyl (C=O) groups excluding carboxylic acids is 3. The van der Waals surface area contributed by atoms with Gasteiger partial charge in [-0.1, -0.05) is 65.0 Å². The highest BCUT2D eigenvalue weighted by atomic mass is 16.5. The summed E-state index contributed by atoms with van der Waals surface area (Å²) < 4.78 is 18.4. The molecular weight excluding hydrogens is 725 g/mol. The molecule has 0 saturated heterocycles. The molecule has 3 aliphatic rings. The lowest BCUT2D eigenvalue weighted by atomic mass is 9.80. The van der Waals surface area contributed by atoms with E-state index in [2.05, 4.69) is 5.32 Å². The Labute approximate surface area is 331 Å². The van der Waals surface area contributed by atoms with Crippen molar-refractivity contribution in [2.24, 2.45) is 16.8 Å². The van der Waals surface area contributed by atoms with Crippen LogP contribution in [0.4, 0.5) is 5.69 Å². The van der Waals surface area contributed by atoms with Gasteiger partial charge in [-0.15, -0.1) is 0 Å². The van der Waals surface area contributed by atoms with Crippen LogP contribution >= 0.6 is 0 Å². The second kappa shape index (κ2) is 15.6. The molecule has 0 saturated carbocycles. The molecule has 2 N–H and O–H groups in total. The van der Waals surface area contributed by atoms with E-state index in [1.54, 1.807) is 37.6 Å². The number of nitrogens with one attached hydrogen (secondary N) is 1. The Morgan fingerprint density at radius 2 is 1.65 bits per heavy atom. The van der Waals surface area contributed by atoms with Crippen molar-refractivity contribution < 1.29 is 33.7 Å². The number of rotatable bonds is 10. The van der Waals surface area contributed by atoms with Crippen LogP contribution in [0.2, 0.25) is 0 Å². The number of carbonyl (C=O) groups is 3. The Bertz CT molecular complexity index is 2430. The SMILES string of the molecule is CCC1(O)CC(=O)OCc2c1cc1n(c2=O)Cc2c-1nc1ccccc1c2C=Nc1cccc(C2C(C(=O)OCC(C)C)=C(C)NC(C)=C2C(=O)OCC(C)C)c1. The van der Waals surface area contributed by atoms with E-state index in [-0.39, 0.29) is 62.2 Å². The average Bonchev–Trinajstić information content (AvgIpc) is 3.48. The number of para-hydroxylation sites is 1. The number of pyridine rings is 2. The molecule has 7 rings (SSSR count). The van der Waals surface area contributed by atoms with Crippen molar-refractivity contribution in [2.45, 2.75) is 86.0 Å². The maximum absolute atomic E-state index is 14.1. The first-order valence-corrected chi connectivity index (χ1v) is 19.4. The lowest BCUT2D eigenvalue weighted by Gasteiger charge is -2.31. The molecule has 0 aliphatic carbocycles. The normalized spacial score (nSPS) is 18.1. The Balaban J connectivity index is 1.32. The molecule has 0 amide bonds. The van der Waals surface area contributed by atoms with E-state index in [9.17, 15) is 24.3 Å². The van der Waals surface area contributed by atoms with Gasteiger partial charge in [0.05, 0.1) is 71.4 Å². The van der Waals surface area contributed by atoms with Crippen LogP contribution in [0.3, 0.4) is 0 Å². The summed E-state index contributed by atoms with van der Waals surface area (Å²) >= 11 is 0. The Kier molecular flexibility index (Phi) is 10.8. The largest absolute Gasteiger partial charge is 0.462 e. The number of allylic oxidation sites excluding steroid dienone is 2. The molecule has 57 heavy (non-hydrogen) atoms. The van der Waals surface area contributed by atoms with Crippen LogP contribution < -0.4 is 10.9 Å². The van der Waals surface area contributed by atoms with Gasteiger partial charge in [-0.25, -0.2) is 14.6 Å². The Morgan fingerprint density at radius 3 is 2.30 bits per heavy atom. The second-order valence-electron chi connectivity index (χ2n) is 15.9. The van der Waals surface area contributed by atoms with Gasteiger partial charge >= 0.3 is 17.9 Å². The van der Waals surface area contributed by atoms with Gasteiger partial charge in [0, 0.05) is 34.1 Å². The first kappa shape index (κ1) is 39.4. The van der Waals surface area contributed by atoms with Crippen LogP contribution in [0.15, 0.2) is 86.9 Å². The van der Waals surface area contributed by atoms with E-state index in [1.807, 2.05) is 76.2 Å². The Morgan fingerprint density at radius 1 is 0.982 bits per heavy atom. The van der Waals surface area contributed by atoms with E-state index in [4.69, 9.17) is 24.2 Å². The van der Waals surface area contributed by atoms with E-state index in [0.29, 0.717) is 56.3 Å². The smallest absolute Gasteiger partial charge is 0.336 e. The average molecular weight is 773 g/mol. The molecule has 2 aromatic heterocycles. The molecule has 5 heterocycles. The van der Waals surface area contributed by atoms with Gasteiger partial charge in [-0.3, -0.25) is 14.6 Å². The van der Waals surface area contributed by atoms with Crippen LogP contribution in [0.1, 0.15) is 95.0 Å². The minimum atomic E-state index is -1.56. The summed E-state index contributed by atoms with van der Waals surface area (Å²) in [6.45, 7) is 13.6.